The summed E-state index contributed by atoms with van der Waals surface area (Å²) < 4.78 is 22.6. The molecule has 1 aromatic carbocycles. The number of benzene rings is 1. The second kappa shape index (κ2) is 5.80. The van der Waals surface area contributed by atoms with Crippen molar-refractivity contribution >= 4 is 16.7 Å². The molecule has 4 aromatic rings. The summed E-state index contributed by atoms with van der Waals surface area (Å²) in [5, 5.41) is 16.8. The summed E-state index contributed by atoms with van der Waals surface area (Å²) in [7, 11) is 0. The Morgan fingerprint density at radius 1 is 1.17 bits per heavy atom. The van der Waals surface area contributed by atoms with E-state index in [2.05, 4.69) is 25.6 Å². The molecule has 0 saturated carbocycles. The molecule has 0 aliphatic carbocycles. The predicted octanol–water partition coefficient (Wildman–Crippen LogP) is 2.20. The molecule has 148 valence electrons. The molecule has 6 rings (SSSR count). The van der Waals surface area contributed by atoms with Gasteiger partial charge in [-0.15, -0.1) is 5.10 Å². The van der Waals surface area contributed by atoms with Crippen molar-refractivity contribution in [1.29, 1.82) is 0 Å². The van der Waals surface area contributed by atoms with E-state index in [0.29, 0.717) is 23.4 Å². The van der Waals surface area contributed by atoms with Crippen molar-refractivity contribution in [3.8, 4) is 11.3 Å². The Bertz CT molecular complexity index is 1270. The van der Waals surface area contributed by atoms with Crippen molar-refractivity contribution in [3.63, 3.8) is 0 Å². The lowest BCUT2D eigenvalue weighted by molar-refractivity contribution is -0.0362. The van der Waals surface area contributed by atoms with Crippen molar-refractivity contribution in [2.24, 2.45) is 0 Å². The largest absolute Gasteiger partial charge is 0.370 e. The van der Waals surface area contributed by atoms with Gasteiger partial charge in [-0.05, 0) is 37.6 Å². The fourth-order valence-electron chi connectivity index (χ4n) is 4.31. The quantitative estimate of drug-likeness (QED) is 0.562. The van der Waals surface area contributed by atoms with Gasteiger partial charge in [0, 0.05) is 25.1 Å². The molecule has 8 nitrogen and oxygen atoms in total. The molecule has 0 amide bonds. The third-order valence-electron chi connectivity index (χ3n) is 5.89. The van der Waals surface area contributed by atoms with Crippen molar-refractivity contribution in [1.82, 2.24) is 34.9 Å². The Kier molecular flexibility index (Phi) is 3.40. The summed E-state index contributed by atoms with van der Waals surface area (Å²) in [6.45, 7) is 6.15. The summed E-state index contributed by atoms with van der Waals surface area (Å²) in [6, 6.07) is 5.26. The van der Waals surface area contributed by atoms with Crippen LogP contribution >= 0.6 is 0 Å². The Morgan fingerprint density at radius 2 is 2.03 bits per heavy atom. The minimum absolute atomic E-state index is 0.0259. The zero-order valence-electron chi connectivity index (χ0n) is 16.2. The van der Waals surface area contributed by atoms with E-state index in [1.165, 1.54) is 6.07 Å². The topological polar surface area (TPSA) is 82.2 Å². The molecule has 3 aromatic heterocycles. The van der Waals surface area contributed by atoms with Crippen LogP contribution in [0.1, 0.15) is 23.7 Å². The van der Waals surface area contributed by atoms with Gasteiger partial charge in [0.25, 0.3) is 0 Å². The van der Waals surface area contributed by atoms with Crippen LogP contribution in [0.25, 0.3) is 27.9 Å². The normalized spacial score (nSPS) is 20.7. The van der Waals surface area contributed by atoms with Crippen LogP contribution in [0, 0.1) is 19.7 Å². The number of aromatic nitrogens is 6. The van der Waals surface area contributed by atoms with Gasteiger partial charge in [0.1, 0.15) is 11.0 Å². The van der Waals surface area contributed by atoms with E-state index in [4.69, 9.17) is 4.74 Å². The lowest BCUT2D eigenvalue weighted by Crippen LogP contribution is -2.59. The molecule has 1 N–H and O–H groups in total. The highest BCUT2D eigenvalue weighted by atomic mass is 19.1. The van der Waals surface area contributed by atoms with E-state index in [1.54, 1.807) is 9.31 Å². The van der Waals surface area contributed by atoms with Crippen LogP contribution in [0.3, 0.4) is 0 Å². The number of imidazole rings is 1. The Morgan fingerprint density at radius 3 is 2.79 bits per heavy atom. The van der Waals surface area contributed by atoms with Crippen molar-refractivity contribution < 1.29 is 9.13 Å². The summed E-state index contributed by atoms with van der Waals surface area (Å²) in [5.74, 6) is -0.399. The Hall–Kier alpha value is -2.91. The third kappa shape index (κ3) is 2.57. The zero-order chi connectivity index (χ0) is 19.8. The van der Waals surface area contributed by atoms with Crippen LogP contribution in [-0.4, -0.2) is 54.9 Å². The van der Waals surface area contributed by atoms with Crippen LogP contribution < -0.4 is 5.32 Å². The number of fused-ring (bicyclic) bond motifs is 2. The van der Waals surface area contributed by atoms with E-state index < -0.39 is 5.82 Å². The van der Waals surface area contributed by atoms with Crippen molar-refractivity contribution in [3.05, 3.63) is 41.5 Å². The second-order valence-electron chi connectivity index (χ2n) is 8.16. The van der Waals surface area contributed by atoms with Crippen LogP contribution in [0.5, 0.6) is 0 Å². The molecule has 0 radical (unpaired) electrons. The number of hydrogen-bond donors (Lipinski definition) is 1. The molecule has 2 fully saturated rings. The smallest absolute Gasteiger partial charge is 0.156 e. The molecule has 2 aliphatic rings. The van der Waals surface area contributed by atoms with E-state index in [1.807, 2.05) is 32.2 Å². The molecule has 0 unspecified atom stereocenters. The highest BCUT2D eigenvalue weighted by molar-refractivity contribution is 5.81. The SMILES string of the molecule is Cc1cn2nc(-c3cc(F)c4nn([C@@H]5COC6(CNC6)C5)nc4c3)cc(C)c2n1. The van der Waals surface area contributed by atoms with Crippen molar-refractivity contribution in [2.75, 3.05) is 19.7 Å². The van der Waals surface area contributed by atoms with E-state index in [9.17, 15) is 4.39 Å². The fraction of sp³-hybridized carbons (Fsp3) is 0.400. The molecular formula is C20H20FN7O. The minimum Gasteiger partial charge on any atom is -0.370 e. The Labute approximate surface area is 165 Å². The average molecular weight is 393 g/mol. The van der Waals surface area contributed by atoms with Gasteiger partial charge < -0.3 is 10.1 Å². The maximum atomic E-state index is 14.9. The molecule has 5 heterocycles. The number of hydrogen-bond acceptors (Lipinski definition) is 6. The van der Waals surface area contributed by atoms with Crippen LogP contribution in [-0.2, 0) is 4.74 Å². The van der Waals surface area contributed by atoms with Gasteiger partial charge >= 0.3 is 0 Å². The minimum atomic E-state index is -0.399. The molecule has 29 heavy (non-hydrogen) atoms. The molecule has 0 bridgehead atoms. The lowest BCUT2D eigenvalue weighted by atomic mass is 9.92. The maximum absolute atomic E-state index is 14.9. The number of nitrogens with one attached hydrogen (secondary N) is 1. The number of halogens is 1. The van der Waals surface area contributed by atoms with Crippen molar-refractivity contribution in [2.45, 2.75) is 31.9 Å². The first-order valence-corrected chi connectivity index (χ1v) is 9.74. The summed E-state index contributed by atoms with van der Waals surface area (Å²) in [4.78, 5) is 6.09. The summed E-state index contributed by atoms with van der Waals surface area (Å²) in [5.41, 5.74) is 4.71. The molecule has 2 aliphatic heterocycles. The van der Waals surface area contributed by atoms with E-state index in [0.717, 1.165) is 36.4 Å². The number of aryl methyl sites for hydroxylation is 2. The van der Waals surface area contributed by atoms with Gasteiger partial charge in [-0.3, -0.25) is 0 Å². The standard InChI is InChI=1S/C20H20FN7O/c1-11-3-16(24-27-7-12(2)23-19(11)27)13-4-15(21)18-17(5-13)25-28(26-18)14-6-20(29-8-14)9-22-10-20/h3-5,7,14,22H,6,8-10H2,1-2H3/t14-/m0/s1. The molecule has 9 heteroatoms. The average Bonchev–Trinajstić information content (AvgIpc) is 3.36. The van der Waals surface area contributed by atoms with Gasteiger partial charge in [-0.1, -0.05) is 0 Å². The first-order valence-electron chi connectivity index (χ1n) is 9.74. The maximum Gasteiger partial charge on any atom is 0.156 e. The fourth-order valence-corrected chi connectivity index (χ4v) is 4.31. The number of nitrogens with zero attached hydrogens (tertiary/aromatic N) is 6. The highest BCUT2D eigenvalue weighted by Crippen LogP contribution is 2.36. The van der Waals surface area contributed by atoms with Crippen LogP contribution in [0.15, 0.2) is 24.4 Å². The Balaban J connectivity index is 1.41. The second-order valence-corrected chi connectivity index (χ2v) is 8.16. The van der Waals surface area contributed by atoms with Gasteiger partial charge in [0.15, 0.2) is 11.5 Å². The van der Waals surface area contributed by atoms with Gasteiger partial charge in [0.05, 0.1) is 35.8 Å². The lowest BCUT2D eigenvalue weighted by Gasteiger charge is -2.37. The zero-order valence-corrected chi connectivity index (χ0v) is 16.2. The van der Waals surface area contributed by atoms with Gasteiger partial charge in [-0.25, -0.2) is 13.9 Å². The highest BCUT2D eigenvalue weighted by Gasteiger charge is 2.46. The number of ether oxygens (including phenoxy) is 1. The van der Waals surface area contributed by atoms with Crippen LogP contribution in [0.4, 0.5) is 4.39 Å². The summed E-state index contributed by atoms with van der Waals surface area (Å²) >= 11 is 0. The molecule has 1 atom stereocenters. The van der Waals surface area contributed by atoms with E-state index >= 15 is 0 Å². The third-order valence-corrected chi connectivity index (χ3v) is 5.89. The first kappa shape index (κ1) is 17.0. The van der Waals surface area contributed by atoms with Gasteiger partial charge in [-0.2, -0.15) is 15.0 Å². The van der Waals surface area contributed by atoms with Crippen LogP contribution in [0.2, 0.25) is 0 Å². The first-order chi connectivity index (χ1) is 14.0. The van der Waals surface area contributed by atoms with Gasteiger partial charge in [0.2, 0.25) is 0 Å². The molecule has 2 saturated heterocycles. The number of rotatable bonds is 2. The van der Waals surface area contributed by atoms with E-state index in [-0.39, 0.29) is 17.2 Å². The predicted molar refractivity (Wildman–Crippen MR) is 104 cm³/mol. The molecular weight excluding hydrogens is 373 g/mol. The monoisotopic (exact) mass is 393 g/mol. The summed E-state index contributed by atoms with van der Waals surface area (Å²) in [6.07, 6.45) is 2.70. The molecule has 1 spiro atoms.